The number of hydrogen-bond donors (Lipinski definition) is 3. The Morgan fingerprint density at radius 2 is 2.38 bits per heavy atom. The lowest BCUT2D eigenvalue weighted by Crippen LogP contribution is -2.55. The molecule has 6 nitrogen and oxygen atoms in total. The van der Waals surface area contributed by atoms with Crippen molar-refractivity contribution in [2.75, 3.05) is 13.1 Å². The monoisotopic (exact) mass is 293 g/mol. The van der Waals surface area contributed by atoms with E-state index in [0.717, 1.165) is 5.70 Å². The average molecular weight is 293 g/mol. The van der Waals surface area contributed by atoms with Crippen LogP contribution >= 0.6 is 0 Å². The molecule has 7 heteroatoms. The number of amides is 1. The Labute approximate surface area is 123 Å². The highest BCUT2D eigenvalue weighted by atomic mass is 19.1. The molecule has 0 radical (unpaired) electrons. The van der Waals surface area contributed by atoms with Gasteiger partial charge in [-0.05, 0) is 32.1 Å². The number of hydrogen-bond acceptors (Lipinski definition) is 5. The number of pyridine rings is 1. The second kappa shape index (κ2) is 6.19. The number of rotatable bonds is 5. The number of nitrogens with one attached hydrogen (secondary N) is 2. The highest BCUT2D eigenvalue weighted by molar-refractivity contribution is 5.88. The third-order valence-electron chi connectivity index (χ3n) is 3.37. The molecule has 1 aliphatic heterocycles. The Hall–Kier alpha value is -1.99. The van der Waals surface area contributed by atoms with E-state index in [1.165, 1.54) is 18.3 Å². The summed E-state index contributed by atoms with van der Waals surface area (Å²) in [6.45, 7) is 4.80. The molecule has 1 aromatic heterocycles. The van der Waals surface area contributed by atoms with E-state index >= 15 is 0 Å². The number of carbonyl (C=O) groups is 1. The lowest BCUT2D eigenvalue weighted by atomic mass is 10.0. The van der Waals surface area contributed by atoms with Gasteiger partial charge in [-0.1, -0.05) is 0 Å². The molecule has 0 spiro atoms. The van der Waals surface area contributed by atoms with Gasteiger partial charge in [-0.25, -0.2) is 9.82 Å². The maximum absolute atomic E-state index is 13.5. The first-order chi connectivity index (χ1) is 9.96. The summed E-state index contributed by atoms with van der Waals surface area (Å²) in [5, 5.41) is 4.53. The Morgan fingerprint density at radius 1 is 1.62 bits per heavy atom. The highest BCUT2D eigenvalue weighted by Gasteiger charge is 2.37. The molecule has 0 aliphatic carbocycles. The number of aromatic nitrogens is 1. The predicted octanol–water partition coefficient (Wildman–Crippen LogP) is 0.278. The summed E-state index contributed by atoms with van der Waals surface area (Å²) in [4.78, 5) is 16.2. The van der Waals surface area contributed by atoms with Crippen molar-refractivity contribution in [1.29, 1.82) is 0 Å². The van der Waals surface area contributed by atoms with Gasteiger partial charge in [0.15, 0.2) is 0 Å². The van der Waals surface area contributed by atoms with Crippen molar-refractivity contribution < 1.29 is 9.18 Å². The minimum atomic E-state index is -0.871. The van der Waals surface area contributed by atoms with E-state index in [1.807, 2.05) is 18.0 Å². The summed E-state index contributed by atoms with van der Waals surface area (Å²) < 4.78 is 13.5. The van der Waals surface area contributed by atoms with Crippen molar-refractivity contribution in [3.05, 3.63) is 41.6 Å². The molecule has 0 saturated carbocycles. The Bertz CT molecular complexity index is 562. The van der Waals surface area contributed by atoms with Crippen molar-refractivity contribution >= 4 is 5.91 Å². The summed E-state index contributed by atoms with van der Waals surface area (Å²) in [5.74, 6) is -0.676. The van der Waals surface area contributed by atoms with Gasteiger partial charge in [0.25, 0.3) is 0 Å². The molecular formula is C14H20FN5O. The number of nitrogens with zero attached hydrogens (tertiary/aromatic N) is 2. The Balaban J connectivity index is 1.99. The molecular weight excluding hydrogens is 273 g/mol. The summed E-state index contributed by atoms with van der Waals surface area (Å²) in [6, 6.07) is 2.83. The van der Waals surface area contributed by atoms with Crippen LogP contribution < -0.4 is 16.5 Å². The Morgan fingerprint density at radius 3 is 3.05 bits per heavy atom. The maximum atomic E-state index is 13.5. The van der Waals surface area contributed by atoms with Crippen LogP contribution in [0.25, 0.3) is 0 Å². The second-order valence-electron chi connectivity index (χ2n) is 5.15. The molecule has 2 heterocycles. The van der Waals surface area contributed by atoms with Crippen LogP contribution in [0.3, 0.4) is 0 Å². The first-order valence-electron chi connectivity index (χ1n) is 6.79. The number of allylic oxidation sites excluding steroid dienone is 1. The zero-order chi connectivity index (χ0) is 15.5. The maximum Gasteiger partial charge on any atom is 0.246 e. The average Bonchev–Trinajstić information content (AvgIpc) is 2.74. The van der Waals surface area contributed by atoms with E-state index < -0.39 is 11.4 Å². The van der Waals surface area contributed by atoms with Crippen molar-refractivity contribution in [2.24, 2.45) is 5.73 Å². The molecule has 114 valence electrons. The summed E-state index contributed by atoms with van der Waals surface area (Å²) in [7, 11) is 0. The predicted molar refractivity (Wildman–Crippen MR) is 77.1 cm³/mol. The molecule has 1 aromatic rings. The summed E-state index contributed by atoms with van der Waals surface area (Å²) in [6.07, 6.45) is 3.32. The van der Waals surface area contributed by atoms with Crippen molar-refractivity contribution in [1.82, 2.24) is 20.7 Å². The molecule has 0 saturated heterocycles. The molecule has 1 aliphatic rings. The van der Waals surface area contributed by atoms with Gasteiger partial charge in [-0.15, -0.1) is 0 Å². The fourth-order valence-corrected chi connectivity index (χ4v) is 2.27. The molecule has 1 unspecified atom stereocenters. The minimum absolute atomic E-state index is 0.0482. The molecule has 1 amide bonds. The third-order valence-corrected chi connectivity index (χ3v) is 3.37. The van der Waals surface area contributed by atoms with Gasteiger partial charge in [0.05, 0.1) is 12.2 Å². The normalized spacial score (nSPS) is 21.3. The van der Waals surface area contributed by atoms with Gasteiger partial charge < -0.3 is 16.1 Å². The first-order valence-corrected chi connectivity index (χ1v) is 6.79. The lowest BCUT2D eigenvalue weighted by Gasteiger charge is -2.27. The number of halogens is 1. The van der Waals surface area contributed by atoms with Crippen LogP contribution in [0.4, 0.5) is 4.39 Å². The topological polar surface area (TPSA) is 83.3 Å². The second-order valence-corrected chi connectivity index (χ2v) is 5.15. The molecule has 2 rings (SSSR count). The minimum Gasteiger partial charge on any atom is -0.348 e. The van der Waals surface area contributed by atoms with Crippen LogP contribution in [0.1, 0.15) is 19.5 Å². The molecule has 21 heavy (non-hydrogen) atoms. The third kappa shape index (κ3) is 3.37. The van der Waals surface area contributed by atoms with E-state index in [0.29, 0.717) is 13.1 Å². The van der Waals surface area contributed by atoms with Gasteiger partial charge in [-0.2, -0.15) is 0 Å². The standard InChI is InChI=1S/C14H20FN5O/c1-10-8-14(2,19-20(10)7-5-16)13(21)18-9-12-11(15)4-3-6-17-12/h3-4,6,8,19H,5,7,9,16H2,1-2H3,(H,18,21). The molecule has 0 aromatic carbocycles. The fraction of sp³-hybridized carbons (Fsp3) is 0.429. The molecule has 0 fully saturated rings. The van der Waals surface area contributed by atoms with Crippen molar-refractivity contribution in [2.45, 2.75) is 25.9 Å². The van der Waals surface area contributed by atoms with Gasteiger partial charge in [0.1, 0.15) is 11.4 Å². The lowest BCUT2D eigenvalue weighted by molar-refractivity contribution is -0.126. The van der Waals surface area contributed by atoms with E-state index in [1.54, 1.807) is 6.92 Å². The Kier molecular flexibility index (Phi) is 4.54. The summed E-state index contributed by atoms with van der Waals surface area (Å²) >= 11 is 0. The van der Waals surface area contributed by atoms with Crippen molar-refractivity contribution in [3.63, 3.8) is 0 Å². The van der Waals surface area contributed by atoms with E-state index in [-0.39, 0.29) is 18.1 Å². The van der Waals surface area contributed by atoms with Gasteiger partial charge in [-0.3, -0.25) is 9.78 Å². The van der Waals surface area contributed by atoms with E-state index in [2.05, 4.69) is 15.7 Å². The van der Waals surface area contributed by atoms with Crippen LogP contribution in [0.5, 0.6) is 0 Å². The van der Waals surface area contributed by atoms with Crippen molar-refractivity contribution in [3.8, 4) is 0 Å². The number of carbonyl (C=O) groups excluding carboxylic acids is 1. The summed E-state index contributed by atoms with van der Waals surface area (Å²) in [5.41, 5.74) is 8.91. The van der Waals surface area contributed by atoms with Gasteiger partial charge in [0.2, 0.25) is 5.91 Å². The molecule has 1 atom stereocenters. The largest absolute Gasteiger partial charge is 0.348 e. The number of nitrogens with two attached hydrogens (primary N) is 1. The quantitative estimate of drug-likeness (QED) is 0.726. The first kappa shape index (κ1) is 15.4. The van der Waals surface area contributed by atoms with Crippen LogP contribution in [-0.4, -0.2) is 34.5 Å². The SMILES string of the molecule is CC1=CC(C)(C(=O)NCc2ncccc2F)NN1CCN. The van der Waals surface area contributed by atoms with Crippen LogP contribution in [-0.2, 0) is 11.3 Å². The molecule has 0 bridgehead atoms. The van der Waals surface area contributed by atoms with E-state index in [9.17, 15) is 9.18 Å². The molecule has 4 N–H and O–H groups in total. The van der Waals surface area contributed by atoms with E-state index in [4.69, 9.17) is 5.73 Å². The van der Waals surface area contributed by atoms with Crippen LogP contribution in [0, 0.1) is 5.82 Å². The van der Waals surface area contributed by atoms with Crippen LogP contribution in [0.15, 0.2) is 30.1 Å². The van der Waals surface area contributed by atoms with Crippen LogP contribution in [0.2, 0.25) is 0 Å². The zero-order valence-corrected chi connectivity index (χ0v) is 12.2. The smallest absolute Gasteiger partial charge is 0.246 e. The zero-order valence-electron chi connectivity index (χ0n) is 12.2. The van der Waals surface area contributed by atoms with Gasteiger partial charge >= 0.3 is 0 Å². The highest BCUT2D eigenvalue weighted by Crippen LogP contribution is 2.20. The number of hydrazine groups is 1. The van der Waals surface area contributed by atoms with Gasteiger partial charge in [0, 0.05) is 25.0 Å². The fourth-order valence-electron chi connectivity index (χ4n) is 2.27.